The van der Waals surface area contributed by atoms with Gasteiger partial charge in [0.15, 0.2) is 9.84 Å². The molecule has 0 radical (unpaired) electrons. The van der Waals surface area contributed by atoms with E-state index in [2.05, 4.69) is 31.9 Å². The Morgan fingerprint density at radius 3 is 2.42 bits per heavy atom. The van der Waals surface area contributed by atoms with Gasteiger partial charge in [-0.05, 0) is 28.1 Å². The molecular weight excluding hydrogens is 400 g/mol. The highest BCUT2D eigenvalue weighted by molar-refractivity contribution is 9.10. The summed E-state index contributed by atoms with van der Waals surface area (Å²) in [6, 6.07) is 8.38. The van der Waals surface area contributed by atoms with Crippen LogP contribution in [0.5, 0.6) is 0 Å². The molecule has 2 aromatic rings. The van der Waals surface area contributed by atoms with Crippen molar-refractivity contribution < 1.29 is 12.8 Å². The number of hydrogen-bond donors (Lipinski definition) is 0. The molecule has 7 heteroatoms. The Balaban J connectivity index is 2.74. The minimum Gasteiger partial charge on any atom is -0.422 e. The minimum atomic E-state index is -3.52. The number of sulfone groups is 1. The second kappa shape index (κ2) is 5.22. The van der Waals surface area contributed by atoms with Gasteiger partial charge in [0.2, 0.25) is 0 Å². The van der Waals surface area contributed by atoms with E-state index < -0.39 is 15.5 Å². The molecule has 1 heterocycles. The van der Waals surface area contributed by atoms with Gasteiger partial charge in [0.05, 0.1) is 4.90 Å². The van der Waals surface area contributed by atoms with Gasteiger partial charge in [-0.1, -0.05) is 28.1 Å². The summed E-state index contributed by atoms with van der Waals surface area (Å²) in [7, 11) is -3.52. The van der Waals surface area contributed by atoms with Crippen molar-refractivity contribution in [3.05, 3.63) is 49.7 Å². The van der Waals surface area contributed by atoms with Crippen LogP contribution in [0.2, 0.25) is 0 Å². The number of rotatable bonds is 2. The molecule has 0 aliphatic rings. The maximum Gasteiger partial charge on any atom is 0.352 e. The molecule has 1 aromatic heterocycles. The highest BCUT2D eigenvalue weighted by atomic mass is 79.9. The molecule has 2 rings (SSSR count). The molecular formula is C12H8Br2O4S. The first-order valence-electron chi connectivity index (χ1n) is 5.08. The van der Waals surface area contributed by atoms with Crippen LogP contribution in [0.15, 0.2) is 53.4 Å². The standard InChI is InChI=1S/C12H8Br2O4S/c1-19(16,17)10-6-9(18-12(15)11(10)14)7-3-2-4-8(13)5-7/h2-6H,1H3. The molecule has 0 saturated heterocycles. The van der Waals surface area contributed by atoms with E-state index in [0.717, 1.165) is 10.7 Å². The monoisotopic (exact) mass is 406 g/mol. The van der Waals surface area contributed by atoms with E-state index in [1.54, 1.807) is 18.2 Å². The zero-order valence-electron chi connectivity index (χ0n) is 9.68. The largest absolute Gasteiger partial charge is 0.422 e. The molecule has 0 N–H and O–H groups in total. The zero-order valence-corrected chi connectivity index (χ0v) is 13.7. The van der Waals surface area contributed by atoms with E-state index in [4.69, 9.17) is 4.42 Å². The van der Waals surface area contributed by atoms with Crippen molar-refractivity contribution in [2.24, 2.45) is 0 Å². The van der Waals surface area contributed by atoms with Crippen LogP contribution in [0.1, 0.15) is 0 Å². The van der Waals surface area contributed by atoms with Crippen LogP contribution in [-0.2, 0) is 9.84 Å². The molecule has 4 nitrogen and oxygen atoms in total. The van der Waals surface area contributed by atoms with E-state index in [9.17, 15) is 13.2 Å². The van der Waals surface area contributed by atoms with Crippen molar-refractivity contribution in [2.45, 2.75) is 4.90 Å². The highest BCUT2D eigenvalue weighted by Gasteiger charge is 2.18. The SMILES string of the molecule is CS(=O)(=O)c1cc(-c2cccc(Br)c2)oc(=O)c1Br. The van der Waals surface area contributed by atoms with Crippen LogP contribution in [0.4, 0.5) is 0 Å². The molecule has 0 amide bonds. The minimum absolute atomic E-state index is 0.0845. The highest BCUT2D eigenvalue weighted by Crippen LogP contribution is 2.27. The number of halogens is 2. The maximum atomic E-state index is 11.7. The van der Waals surface area contributed by atoms with E-state index in [1.807, 2.05) is 6.07 Å². The molecule has 19 heavy (non-hydrogen) atoms. The quantitative estimate of drug-likeness (QED) is 0.766. The average Bonchev–Trinajstić information content (AvgIpc) is 2.31. The van der Waals surface area contributed by atoms with Gasteiger partial charge >= 0.3 is 5.63 Å². The van der Waals surface area contributed by atoms with Crippen LogP contribution in [0.25, 0.3) is 11.3 Å². The van der Waals surface area contributed by atoms with Gasteiger partial charge in [-0.3, -0.25) is 0 Å². The molecule has 0 bridgehead atoms. The van der Waals surface area contributed by atoms with E-state index in [1.165, 1.54) is 6.07 Å². The summed E-state index contributed by atoms with van der Waals surface area (Å²) in [5.74, 6) is 0.204. The molecule has 0 saturated carbocycles. The van der Waals surface area contributed by atoms with Crippen LogP contribution in [-0.4, -0.2) is 14.7 Å². The fourth-order valence-electron chi connectivity index (χ4n) is 1.51. The van der Waals surface area contributed by atoms with E-state index >= 15 is 0 Å². The van der Waals surface area contributed by atoms with Crippen molar-refractivity contribution in [3.63, 3.8) is 0 Å². The number of benzene rings is 1. The Bertz CT molecular complexity index is 794. The molecule has 0 fully saturated rings. The molecule has 0 unspecified atom stereocenters. The van der Waals surface area contributed by atoms with Gasteiger partial charge in [0.1, 0.15) is 10.2 Å². The fourth-order valence-corrected chi connectivity index (χ4v) is 3.72. The summed E-state index contributed by atoms with van der Waals surface area (Å²) in [5, 5.41) is 0. The van der Waals surface area contributed by atoms with E-state index in [0.29, 0.717) is 5.56 Å². The van der Waals surface area contributed by atoms with E-state index in [-0.39, 0.29) is 15.1 Å². The summed E-state index contributed by atoms with van der Waals surface area (Å²) in [6.07, 6.45) is 1.04. The topological polar surface area (TPSA) is 64.3 Å². The summed E-state index contributed by atoms with van der Waals surface area (Å²) >= 11 is 6.25. The average molecular weight is 408 g/mol. The predicted octanol–water partition coefficient (Wildman–Crippen LogP) is 3.24. The van der Waals surface area contributed by atoms with Crippen LogP contribution >= 0.6 is 31.9 Å². The van der Waals surface area contributed by atoms with Crippen molar-refractivity contribution in [3.8, 4) is 11.3 Å². The Kier molecular flexibility index (Phi) is 3.98. The predicted molar refractivity (Wildman–Crippen MR) is 78.9 cm³/mol. The van der Waals surface area contributed by atoms with Crippen LogP contribution in [0, 0.1) is 0 Å². The third-order valence-corrected chi connectivity index (χ3v) is 5.00. The van der Waals surface area contributed by atoms with Crippen molar-refractivity contribution >= 4 is 41.7 Å². The third-order valence-electron chi connectivity index (χ3n) is 2.37. The van der Waals surface area contributed by atoms with Gasteiger partial charge in [0.25, 0.3) is 0 Å². The maximum absolute atomic E-state index is 11.7. The van der Waals surface area contributed by atoms with Gasteiger partial charge in [-0.15, -0.1) is 0 Å². The Labute approximate surface area is 126 Å². The summed E-state index contributed by atoms with van der Waals surface area (Å²) in [5.41, 5.74) is -0.109. The second-order valence-corrected chi connectivity index (χ2v) is 7.55. The summed E-state index contributed by atoms with van der Waals surface area (Å²) < 4.78 is 29.1. The van der Waals surface area contributed by atoms with Gasteiger partial charge in [-0.25, -0.2) is 13.2 Å². The van der Waals surface area contributed by atoms with Gasteiger partial charge in [-0.2, -0.15) is 0 Å². The molecule has 0 aliphatic carbocycles. The summed E-state index contributed by atoms with van der Waals surface area (Å²) in [6.45, 7) is 0. The van der Waals surface area contributed by atoms with Gasteiger partial charge < -0.3 is 4.42 Å². The first-order valence-corrected chi connectivity index (χ1v) is 8.56. The smallest absolute Gasteiger partial charge is 0.352 e. The van der Waals surface area contributed by atoms with Gasteiger partial charge in [0, 0.05) is 22.4 Å². The fraction of sp³-hybridized carbons (Fsp3) is 0.0833. The number of hydrogen-bond acceptors (Lipinski definition) is 4. The third kappa shape index (κ3) is 3.16. The van der Waals surface area contributed by atoms with Crippen LogP contribution < -0.4 is 5.63 Å². The lowest BCUT2D eigenvalue weighted by Crippen LogP contribution is -2.08. The lowest BCUT2D eigenvalue weighted by Gasteiger charge is -2.05. The molecule has 100 valence electrons. The second-order valence-electron chi connectivity index (χ2n) is 3.86. The Morgan fingerprint density at radius 1 is 1.16 bits per heavy atom. The van der Waals surface area contributed by atoms with Crippen LogP contribution in [0.3, 0.4) is 0 Å². The molecule has 0 atom stereocenters. The molecule has 1 aromatic carbocycles. The van der Waals surface area contributed by atoms with Crippen molar-refractivity contribution in [2.75, 3.05) is 6.26 Å². The van der Waals surface area contributed by atoms with Crippen molar-refractivity contribution in [1.29, 1.82) is 0 Å². The van der Waals surface area contributed by atoms with Crippen molar-refractivity contribution in [1.82, 2.24) is 0 Å². The Morgan fingerprint density at radius 2 is 1.84 bits per heavy atom. The first kappa shape index (κ1) is 14.5. The lowest BCUT2D eigenvalue weighted by atomic mass is 10.2. The lowest BCUT2D eigenvalue weighted by molar-refractivity contribution is 0.513. The Hall–Kier alpha value is -0.920. The normalized spacial score (nSPS) is 11.5. The zero-order chi connectivity index (χ0) is 14.2. The molecule has 0 aliphatic heterocycles. The first-order chi connectivity index (χ1) is 8.79. The summed E-state index contributed by atoms with van der Waals surface area (Å²) in [4.78, 5) is 11.6. The molecule has 0 spiro atoms.